The number of hydrogen-bond acceptors (Lipinski definition) is 4. The standard InChI is InChI=1S/C12H11F3N2O3/c1-20-8-4-2-7(3-5-8)17-10(12(13,14)15)9(6-16)11(18)19/h2-6H,16H2,1H3,(H,18,19). The molecule has 0 aliphatic carbocycles. The summed E-state index contributed by atoms with van der Waals surface area (Å²) in [4.78, 5) is 14.1. The number of aliphatic imine (C=N–C) groups is 1. The van der Waals surface area contributed by atoms with Crippen LogP contribution in [0.4, 0.5) is 18.9 Å². The van der Waals surface area contributed by atoms with Crippen LogP contribution in [0, 0.1) is 0 Å². The average Bonchev–Trinajstić information content (AvgIpc) is 2.37. The van der Waals surface area contributed by atoms with Gasteiger partial charge in [-0.15, -0.1) is 0 Å². The van der Waals surface area contributed by atoms with Crippen molar-refractivity contribution >= 4 is 17.4 Å². The fraction of sp³-hybridized carbons (Fsp3) is 0.167. The summed E-state index contributed by atoms with van der Waals surface area (Å²) < 4.78 is 43.4. The molecule has 0 atom stereocenters. The van der Waals surface area contributed by atoms with Crippen LogP contribution in [0.1, 0.15) is 0 Å². The fourth-order valence-electron chi connectivity index (χ4n) is 1.31. The zero-order valence-corrected chi connectivity index (χ0v) is 10.3. The van der Waals surface area contributed by atoms with Gasteiger partial charge in [0.15, 0.2) is 5.71 Å². The maximum Gasteiger partial charge on any atom is 0.434 e. The van der Waals surface area contributed by atoms with Gasteiger partial charge in [-0.2, -0.15) is 13.2 Å². The maximum absolute atomic E-state index is 12.8. The Morgan fingerprint density at radius 3 is 2.25 bits per heavy atom. The maximum atomic E-state index is 12.8. The van der Waals surface area contributed by atoms with E-state index in [4.69, 9.17) is 15.6 Å². The summed E-state index contributed by atoms with van der Waals surface area (Å²) in [7, 11) is 1.40. The third-order valence-corrected chi connectivity index (χ3v) is 2.23. The number of halogens is 3. The van der Waals surface area contributed by atoms with Crippen LogP contribution in [0.25, 0.3) is 0 Å². The molecule has 5 nitrogen and oxygen atoms in total. The zero-order chi connectivity index (χ0) is 15.3. The molecule has 8 heteroatoms. The van der Waals surface area contributed by atoms with E-state index in [9.17, 15) is 18.0 Å². The summed E-state index contributed by atoms with van der Waals surface area (Å²) >= 11 is 0. The van der Waals surface area contributed by atoms with E-state index in [-0.39, 0.29) is 5.69 Å². The first-order valence-corrected chi connectivity index (χ1v) is 5.25. The monoisotopic (exact) mass is 288 g/mol. The van der Waals surface area contributed by atoms with Crippen molar-refractivity contribution in [2.75, 3.05) is 7.11 Å². The molecule has 0 bridgehead atoms. The predicted molar refractivity (Wildman–Crippen MR) is 66.1 cm³/mol. The quantitative estimate of drug-likeness (QED) is 0.657. The lowest BCUT2D eigenvalue weighted by Crippen LogP contribution is -2.29. The molecule has 1 aromatic carbocycles. The number of carboxylic acids is 1. The number of rotatable bonds is 4. The van der Waals surface area contributed by atoms with Gasteiger partial charge in [-0.3, -0.25) is 0 Å². The first-order chi connectivity index (χ1) is 9.29. The Morgan fingerprint density at radius 2 is 1.90 bits per heavy atom. The smallest absolute Gasteiger partial charge is 0.434 e. The van der Waals surface area contributed by atoms with Crippen LogP contribution in [0.15, 0.2) is 41.0 Å². The number of carbonyl (C=O) groups is 1. The minimum Gasteiger partial charge on any atom is -0.497 e. The number of nitrogens with zero attached hydrogens (tertiary/aromatic N) is 1. The topological polar surface area (TPSA) is 84.9 Å². The summed E-state index contributed by atoms with van der Waals surface area (Å²) in [6.07, 6.45) is -4.58. The Kier molecular flexibility index (Phi) is 4.73. The molecule has 0 unspecified atom stereocenters. The van der Waals surface area contributed by atoms with Crippen LogP contribution in [-0.2, 0) is 4.79 Å². The van der Waals surface area contributed by atoms with Gasteiger partial charge in [0.25, 0.3) is 0 Å². The summed E-state index contributed by atoms with van der Waals surface area (Å²) in [5, 5.41) is 8.72. The molecule has 0 radical (unpaired) electrons. The second-order valence-electron chi connectivity index (χ2n) is 3.54. The van der Waals surface area contributed by atoms with Crippen molar-refractivity contribution < 1.29 is 27.8 Å². The number of aliphatic carboxylic acids is 1. The number of methoxy groups -OCH3 is 1. The molecule has 0 spiro atoms. The largest absolute Gasteiger partial charge is 0.497 e. The lowest BCUT2D eigenvalue weighted by atomic mass is 10.1. The lowest BCUT2D eigenvalue weighted by molar-refractivity contribution is -0.132. The number of benzene rings is 1. The van der Waals surface area contributed by atoms with E-state index in [1.165, 1.54) is 31.4 Å². The van der Waals surface area contributed by atoms with Crippen molar-refractivity contribution in [3.8, 4) is 5.75 Å². The molecule has 0 saturated carbocycles. The summed E-state index contributed by atoms with van der Waals surface area (Å²) in [6, 6.07) is 5.33. The van der Waals surface area contributed by atoms with E-state index in [1.54, 1.807) is 0 Å². The minimum absolute atomic E-state index is 0.0706. The van der Waals surface area contributed by atoms with E-state index in [0.29, 0.717) is 11.9 Å². The van der Waals surface area contributed by atoms with Gasteiger partial charge in [0.2, 0.25) is 0 Å². The molecule has 0 fully saturated rings. The summed E-state index contributed by atoms with van der Waals surface area (Å²) in [5.41, 5.74) is 2.17. The molecule has 0 aromatic heterocycles. The number of alkyl halides is 3. The molecular formula is C12H11F3N2O3. The van der Waals surface area contributed by atoms with Crippen molar-refractivity contribution in [1.29, 1.82) is 0 Å². The fourth-order valence-corrected chi connectivity index (χ4v) is 1.31. The highest BCUT2D eigenvalue weighted by Gasteiger charge is 2.40. The van der Waals surface area contributed by atoms with Crippen molar-refractivity contribution in [3.05, 3.63) is 36.0 Å². The Morgan fingerprint density at radius 1 is 1.35 bits per heavy atom. The number of nitrogens with two attached hydrogens (primary N) is 1. The van der Waals surface area contributed by atoms with Gasteiger partial charge in [0.1, 0.15) is 11.3 Å². The third-order valence-electron chi connectivity index (χ3n) is 2.23. The number of ether oxygens (including phenoxy) is 1. The first-order valence-electron chi connectivity index (χ1n) is 5.25. The zero-order valence-electron chi connectivity index (χ0n) is 10.3. The van der Waals surface area contributed by atoms with E-state index in [0.717, 1.165) is 0 Å². The van der Waals surface area contributed by atoms with E-state index in [2.05, 4.69) is 4.99 Å². The molecular weight excluding hydrogens is 277 g/mol. The SMILES string of the molecule is COc1ccc(N=C(C(=CN)C(=O)O)C(F)(F)F)cc1. The van der Waals surface area contributed by atoms with Crippen molar-refractivity contribution in [2.45, 2.75) is 6.18 Å². The molecule has 0 amide bonds. The predicted octanol–water partition coefficient (Wildman–Crippen LogP) is 2.26. The highest BCUT2D eigenvalue weighted by Crippen LogP contribution is 2.26. The summed E-state index contributed by atoms with van der Waals surface area (Å²) in [5.74, 6) is -1.37. The van der Waals surface area contributed by atoms with Gasteiger partial charge >= 0.3 is 12.1 Å². The van der Waals surface area contributed by atoms with Crippen LogP contribution in [0.5, 0.6) is 5.75 Å². The lowest BCUT2D eigenvalue weighted by Gasteiger charge is -2.11. The van der Waals surface area contributed by atoms with Crippen molar-refractivity contribution in [2.24, 2.45) is 10.7 Å². The van der Waals surface area contributed by atoms with E-state index < -0.39 is 23.4 Å². The average molecular weight is 288 g/mol. The van der Waals surface area contributed by atoms with E-state index in [1.807, 2.05) is 0 Å². The Labute approximate surface area is 112 Å². The molecule has 0 aliphatic rings. The normalized spacial score (nSPS) is 13.2. The van der Waals surface area contributed by atoms with Gasteiger partial charge < -0.3 is 15.6 Å². The Hall–Kier alpha value is -2.51. The first kappa shape index (κ1) is 15.5. The third kappa shape index (κ3) is 3.74. The van der Waals surface area contributed by atoms with Gasteiger partial charge in [-0.05, 0) is 24.3 Å². The van der Waals surface area contributed by atoms with Crippen LogP contribution in [0.3, 0.4) is 0 Å². The highest BCUT2D eigenvalue weighted by atomic mass is 19.4. The molecule has 3 N–H and O–H groups in total. The second kappa shape index (κ2) is 6.09. The molecule has 0 heterocycles. The molecule has 20 heavy (non-hydrogen) atoms. The van der Waals surface area contributed by atoms with Gasteiger partial charge in [0, 0.05) is 6.20 Å². The van der Waals surface area contributed by atoms with Crippen LogP contribution >= 0.6 is 0 Å². The molecule has 1 rings (SSSR count). The molecule has 108 valence electrons. The number of hydrogen-bond donors (Lipinski definition) is 2. The van der Waals surface area contributed by atoms with Gasteiger partial charge in [-0.1, -0.05) is 0 Å². The molecule has 1 aromatic rings. The minimum atomic E-state index is -4.94. The van der Waals surface area contributed by atoms with Crippen LogP contribution in [0.2, 0.25) is 0 Å². The summed E-state index contributed by atoms with van der Waals surface area (Å²) in [6.45, 7) is 0. The molecule has 0 aliphatic heterocycles. The second-order valence-corrected chi connectivity index (χ2v) is 3.54. The Bertz CT molecular complexity index is 548. The van der Waals surface area contributed by atoms with Gasteiger partial charge in [0.05, 0.1) is 12.8 Å². The van der Waals surface area contributed by atoms with Gasteiger partial charge in [-0.25, -0.2) is 9.79 Å². The van der Waals surface area contributed by atoms with Crippen LogP contribution < -0.4 is 10.5 Å². The molecule has 0 saturated heterocycles. The Balaban J connectivity index is 3.29. The van der Waals surface area contributed by atoms with Crippen molar-refractivity contribution in [1.82, 2.24) is 0 Å². The van der Waals surface area contributed by atoms with Crippen molar-refractivity contribution in [3.63, 3.8) is 0 Å². The highest BCUT2D eigenvalue weighted by molar-refractivity contribution is 6.22. The van der Waals surface area contributed by atoms with Crippen LogP contribution in [-0.4, -0.2) is 30.1 Å². The number of carboxylic acid groups (broad SMARTS) is 1. The van der Waals surface area contributed by atoms with E-state index >= 15 is 0 Å².